The summed E-state index contributed by atoms with van der Waals surface area (Å²) in [6.45, 7) is 7.14. The van der Waals surface area contributed by atoms with Crippen LogP contribution in [0.1, 0.15) is 24.0 Å². The first-order valence-electron chi connectivity index (χ1n) is 9.38. The van der Waals surface area contributed by atoms with E-state index in [9.17, 15) is 4.79 Å². The average Bonchev–Trinajstić information content (AvgIpc) is 2.65. The van der Waals surface area contributed by atoms with Crippen LogP contribution in [0.2, 0.25) is 0 Å². The highest BCUT2D eigenvalue weighted by Crippen LogP contribution is 2.20. The van der Waals surface area contributed by atoms with Crippen LogP contribution in [0.5, 0.6) is 5.75 Å². The van der Waals surface area contributed by atoms with E-state index < -0.39 is 0 Å². The van der Waals surface area contributed by atoms with Crippen LogP contribution in [0.4, 0.5) is 5.69 Å². The maximum absolute atomic E-state index is 12.4. The van der Waals surface area contributed by atoms with Gasteiger partial charge in [0.2, 0.25) is 5.91 Å². The molecule has 1 unspecified atom stereocenters. The van der Waals surface area contributed by atoms with E-state index in [4.69, 9.17) is 4.74 Å². The largest absolute Gasteiger partial charge is 0.493 e. The number of nitrogens with zero attached hydrogens (tertiary/aromatic N) is 1. The zero-order valence-electron chi connectivity index (χ0n) is 15.7. The Kier molecular flexibility index (Phi) is 6.29. The zero-order valence-corrected chi connectivity index (χ0v) is 15.7. The fraction of sp³-hybridized carbons (Fsp3) is 0.409. The lowest BCUT2D eigenvalue weighted by molar-refractivity contribution is -0.117. The molecule has 1 atom stereocenters. The van der Waals surface area contributed by atoms with Gasteiger partial charge in [0.15, 0.2) is 0 Å². The van der Waals surface area contributed by atoms with Gasteiger partial charge in [0.25, 0.3) is 0 Å². The predicted octanol–water partition coefficient (Wildman–Crippen LogP) is 4.03. The lowest BCUT2D eigenvalue weighted by Gasteiger charge is -2.32. The third-order valence-electron chi connectivity index (χ3n) is 5.08. The molecule has 0 aromatic heterocycles. The number of carbonyl (C=O) groups excluding carboxylic acids is 1. The molecule has 0 bridgehead atoms. The summed E-state index contributed by atoms with van der Waals surface area (Å²) < 4.78 is 5.90. The minimum Gasteiger partial charge on any atom is -0.493 e. The van der Waals surface area contributed by atoms with Gasteiger partial charge in [-0.15, -0.1) is 0 Å². The Morgan fingerprint density at radius 2 is 1.96 bits per heavy atom. The van der Waals surface area contributed by atoms with E-state index in [-0.39, 0.29) is 5.91 Å². The third-order valence-corrected chi connectivity index (χ3v) is 5.08. The molecular formula is C22H28N2O2. The molecule has 0 saturated carbocycles. The molecule has 138 valence electrons. The second-order valence-electron chi connectivity index (χ2n) is 7.16. The van der Waals surface area contributed by atoms with Gasteiger partial charge in [0.1, 0.15) is 5.75 Å². The molecule has 1 saturated heterocycles. The number of hydrogen-bond acceptors (Lipinski definition) is 3. The number of rotatable bonds is 6. The Balaban J connectivity index is 1.48. The number of nitrogens with one attached hydrogen (secondary N) is 1. The van der Waals surface area contributed by atoms with Crippen molar-refractivity contribution in [1.82, 2.24) is 4.90 Å². The summed E-state index contributed by atoms with van der Waals surface area (Å²) >= 11 is 0. The molecule has 1 fully saturated rings. The quantitative estimate of drug-likeness (QED) is 0.853. The fourth-order valence-electron chi connectivity index (χ4n) is 3.44. The summed E-state index contributed by atoms with van der Waals surface area (Å²) in [7, 11) is 0. The van der Waals surface area contributed by atoms with Crippen LogP contribution in [-0.4, -0.2) is 37.0 Å². The number of para-hydroxylation sites is 1. The van der Waals surface area contributed by atoms with E-state index >= 15 is 0 Å². The minimum atomic E-state index is 0.0586. The van der Waals surface area contributed by atoms with Crippen molar-refractivity contribution < 1.29 is 9.53 Å². The van der Waals surface area contributed by atoms with Gasteiger partial charge in [0.05, 0.1) is 13.2 Å². The zero-order chi connectivity index (χ0) is 18.4. The summed E-state index contributed by atoms with van der Waals surface area (Å²) in [5, 5.41) is 3.06. The molecule has 1 N–H and O–H groups in total. The summed E-state index contributed by atoms with van der Waals surface area (Å²) in [5.74, 6) is 1.44. The Labute approximate surface area is 156 Å². The summed E-state index contributed by atoms with van der Waals surface area (Å²) in [4.78, 5) is 14.7. The second-order valence-corrected chi connectivity index (χ2v) is 7.16. The Hall–Kier alpha value is -2.33. The van der Waals surface area contributed by atoms with Crippen molar-refractivity contribution in [3.8, 4) is 5.75 Å². The summed E-state index contributed by atoms with van der Waals surface area (Å²) in [5.41, 5.74) is 3.24. The third kappa shape index (κ3) is 5.09. The number of aryl methyl sites for hydroxylation is 1. The highest BCUT2D eigenvalue weighted by molar-refractivity contribution is 5.93. The molecular weight excluding hydrogens is 324 g/mol. The maximum Gasteiger partial charge on any atom is 0.238 e. The second kappa shape index (κ2) is 8.86. The number of ether oxygens (including phenoxy) is 1. The first kappa shape index (κ1) is 18.5. The number of carbonyl (C=O) groups is 1. The number of likely N-dealkylation sites (tertiary alicyclic amines) is 1. The van der Waals surface area contributed by atoms with Crippen LogP contribution in [0.25, 0.3) is 0 Å². The molecule has 0 spiro atoms. The van der Waals surface area contributed by atoms with E-state index in [2.05, 4.69) is 23.2 Å². The van der Waals surface area contributed by atoms with Crippen LogP contribution in [0, 0.1) is 19.8 Å². The van der Waals surface area contributed by atoms with Gasteiger partial charge < -0.3 is 10.1 Å². The van der Waals surface area contributed by atoms with E-state index in [1.54, 1.807) is 0 Å². The maximum atomic E-state index is 12.4. The molecule has 1 aliphatic heterocycles. The fourth-order valence-corrected chi connectivity index (χ4v) is 3.44. The molecule has 4 nitrogen and oxygen atoms in total. The van der Waals surface area contributed by atoms with Crippen molar-refractivity contribution in [3.05, 3.63) is 59.7 Å². The van der Waals surface area contributed by atoms with Gasteiger partial charge in [-0.05, 0) is 62.6 Å². The number of amides is 1. The molecule has 1 amide bonds. The standard InChI is InChI=1S/C22H28N2O2/c1-17-8-6-12-21(18(17)2)23-22(25)15-24-13-7-9-19(14-24)16-26-20-10-4-3-5-11-20/h3-6,8,10-12,19H,7,9,13-16H2,1-2H3,(H,23,25). The van der Waals surface area contributed by atoms with E-state index in [1.165, 1.54) is 5.56 Å². The van der Waals surface area contributed by atoms with Crippen molar-refractivity contribution in [2.45, 2.75) is 26.7 Å². The predicted molar refractivity (Wildman–Crippen MR) is 106 cm³/mol. The molecule has 2 aromatic rings. The molecule has 1 heterocycles. The number of anilines is 1. The van der Waals surface area contributed by atoms with E-state index in [0.29, 0.717) is 19.1 Å². The smallest absolute Gasteiger partial charge is 0.238 e. The Bertz CT molecular complexity index is 730. The molecule has 0 radical (unpaired) electrons. The monoisotopic (exact) mass is 352 g/mol. The van der Waals surface area contributed by atoms with Crippen molar-refractivity contribution >= 4 is 11.6 Å². The Morgan fingerprint density at radius 1 is 1.15 bits per heavy atom. The van der Waals surface area contributed by atoms with E-state index in [1.807, 2.05) is 49.4 Å². The normalized spacial score (nSPS) is 17.7. The number of piperidine rings is 1. The highest BCUT2D eigenvalue weighted by Gasteiger charge is 2.22. The lowest BCUT2D eigenvalue weighted by Crippen LogP contribution is -2.42. The molecule has 2 aromatic carbocycles. The lowest BCUT2D eigenvalue weighted by atomic mass is 9.99. The van der Waals surface area contributed by atoms with Crippen molar-refractivity contribution in [2.75, 3.05) is 31.6 Å². The average molecular weight is 352 g/mol. The van der Waals surface area contributed by atoms with E-state index in [0.717, 1.165) is 42.9 Å². The van der Waals surface area contributed by atoms with Gasteiger partial charge in [-0.2, -0.15) is 0 Å². The van der Waals surface area contributed by atoms with Crippen molar-refractivity contribution in [2.24, 2.45) is 5.92 Å². The van der Waals surface area contributed by atoms with Crippen LogP contribution in [0.15, 0.2) is 48.5 Å². The van der Waals surface area contributed by atoms with Crippen LogP contribution in [-0.2, 0) is 4.79 Å². The summed E-state index contributed by atoms with van der Waals surface area (Å²) in [6.07, 6.45) is 2.27. The molecule has 0 aliphatic carbocycles. The minimum absolute atomic E-state index is 0.0586. The number of benzene rings is 2. The van der Waals surface area contributed by atoms with Crippen LogP contribution in [0.3, 0.4) is 0 Å². The van der Waals surface area contributed by atoms with Crippen LogP contribution >= 0.6 is 0 Å². The SMILES string of the molecule is Cc1cccc(NC(=O)CN2CCCC(COc3ccccc3)C2)c1C. The molecule has 26 heavy (non-hydrogen) atoms. The van der Waals surface area contributed by atoms with Crippen LogP contribution < -0.4 is 10.1 Å². The first-order valence-corrected chi connectivity index (χ1v) is 9.38. The molecule has 4 heteroatoms. The van der Waals surface area contributed by atoms with Gasteiger partial charge in [-0.1, -0.05) is 30.3 Å². The first-order chi connectivity index (χ1) is 12.6. The van der Waals surface area contributed by atoms with Gasteiger partial charge in [-0.3, -0.25) is 9.69 Å². The van der Waals surface area contributed by atoms with Crippen molar-refractivity contribution in [1.29, 1.82) is 0 Å². The number of hydrogen-bond donors (Lipinski definition) is 1. The molecule has 1 aliphatic rings. The Morgan fingerprint density at radius 3 is 2.77 bits per heavy atom. The summed E-state index contributed by atoms with van der Waals surface area (Å²) in [6, 6.07) is 15.9. The van der Waals surface area contributed by atoms with Gasteiger partial charge in [0, 0.05) is 18.2 Å². The van der Waals surface area contributed by atoms with Gasteiger partial charge in [-0.25, -0.2) is 0 Å². The topological polar surface area (TPSA) is 41.6 Å². The van der Waals surface area contributed by atoms with Crippen molar-refractivity contribution in [3.63, 3.8) is 0 Å². The van der Waals surface area contributed by atoms with Gasteiger partial charge >= 0.3 is 0 Å². The molecule has 3 rings (SSSR count). The highest BCUT2D eigenvalue weighted by atomic mass is 16.5.